The average molecular weight is 252 g/mol. The molecule has 1 saturated heterocycles. The summed E-state index contributed by atoms with van der Waals surface area (Å²) >= 11 is 0. The summed E-state index contributed by atoms with van der Waals surface area (Å²) in [6, 6.07) is 3.50. The number of aromatic nitrogens is 1. The van der Waals surface area contributed by atoms with E-state index in [0.29, 0.717) is 18.7 Å². The van der Waals surface area contributed by atoms with E-state index in [9.17, 15) is 14.7 Å². The third kappa shape index (κ3) is 1.88. The van der Waals surface area contributed by atoms with Crippen LogP contribution in [-0.4, -0.2) is 52.3 Å². The Kier molecular flexibility index (Phi) is 3.13. The zero-order valence-corrected chi connectivity index (χ0v) is 10.4. The molecule has 1 atom stereocenters. The Hall–Kier alpha value is -1.82. The molecular formula is C12H16N2O4. The number of carboxylic acids is 1. The third-order valence-corrected chi connectivity index (χ3v) is 3.46. The molecule has 1 fully saturated rings. The van der Waals surface area contributed by atoms with Crippen LogP contribution in [0.5, 0.6) is 0 Å². The van der Waals surface area contributed by atoms with E-state index in [1.54, 1.807) is 29.9 Å². The van der Waals surface area contributed by atoms with E-state index >= 15 is 0 Å². The first-order chi connectivity index (χ1) is 8.50. The number of carbonyl (C=O) groups is 2. The van der Waals surface area contributed by atoms with E-state index in [2.05, 4.69) is 0 Å². The van der Waals surface area contributed by atoms with Crippen molar-refractivity contribution in [2.75, 3.05) is 20.2 Å². The lowest BCUT2D eigenvalue weighted by atomic mass is 10.0. The number of hydrogen-bond donors (Lipinski definition) is 1. The second kappa shape index (κ2) is 4.45. The Morgan fingerprint density at radius 2 is 2.22 bits per heavy atom. The standard InChI is InChI=1S/C12H16N2O4/c1-13-6-3-4-9(13)10(15)14-7-5-12(8-14,18-2)11(16)17/h3-4,6H,5,7-8H2,1-2H3,(H,16,17). The molecule has 98 valence electrons. The molecule has 1 aliphatic heterocycles. The Balaban J connectivity index is 2.17. The summed E-state index contributed by atoms with van der Waals surface area (Å²) in [7, 11) is 3.15. The summed E-state index contributed by atoms with van der Waals surface area (Å²) in [6.07, 6.45) is 2.10. The summed E-state index contributed by atoms with van der Waals surface area (Å²) in [5, 5.41) is 9.18. The first-order valence-electron chi connectivity index (χ1n) is 5.69. The number of carboxylic acid groups (broad SMARTS) is 1. The molecular weight excluding hydrogens is 236 g/mol. The highest BCUT2D eigenvalue weighted by Gasteiger charge is 2.47. The van der Waals surface area contributed by atoms with Crippen LogP contribution in [0, 0.1) is 0 Å². The fourth-order valence-electron chi connectivity index (χ4n) is 2.23. The second-order valence-electron chi connectivity index (χ2n) is 4.48. The van der Waals surface area contributed by atoms with Crippen molar-refractivity contribution in [3.63, 3.8) is 0 Å². The molecule has 0 aliphatic carbocycles. The van der Waals surface area contributed by atoms with E-state index in [0.717, 1.165) is 0 Å². The largest absolute Gasteiger partial charge is 0.479 e. The maximum Gasteiger partial charge on any atom is 0.337 e. The molecule has 1 aliphatic rings. The maximum atomic E-state index is 12.2. The molecule has 1 N–H and O–H groups in total. The van der Waals surface area contributed by atoms with Gasteiger partial charge in [-0.25, -0.2) is 4.79 Å². The summed E-state index contributed by atoms with van der Waals surface area (Å²) in [4.78, 5) is 24.9. The van der Waals surface area contributed by atoms with Crippen LogP contribution in [0.25, 0.3) is 0 Å². The van der Waals surface area contributed by atoms with Crippen molar-refractivity contribution in [3.05, 3.63) is 24.0 Å². The quantitative estimate of drug-likeness (QED) is 0.842. The molecule has 1 amide bonds. The SMILES string of the molecule is COC1(C(=O)O)CCN(C(=O)c2cccn2C)C1. The van der Waals surface area contributed by atoms with Crippen LogP contribution in [0.1, 0.15) is 16.9 Å². The number of rotatable bonds is 3. The van der Waals surface area contributed by atoms with Gasteiger partial charge in [0.2, 0.25) is 0 Å². The van der Waals surface area contributed by atoms with Gasteiger partial charge in [-0.15, -0.1) is 0 Å². The zero-order chi connectivity index (χ0) is 13.3. The lowest BCUT2D eigenvalue weighted by Crippen LogP contribution is -2.44. The highest BCUT2D eigenvalue weighted by atomic mass is 16.5. The number of methoxy groups -OCH3 is 1. The van der Waals surface area contributed by atoms with Crippen molar-refractivity contribution in [1.82, 2.24) is 9.47 Å². The Labute approximate surface area is 105 Å². The van der Waals surface area contributed by atoms with Crippen LogP contribution in [0.15, 0.2) is 18.3 Å². The maximum absolute atomic E-state index is 12.2. The molecule has 0 bridgehead atoms. The Bertz CT molecular complexity index is 482. The molecule has 0 saturated carbocycles. The topological polar surface area (TPSA) is 71.8 Å². The van der Waals surface area contributed by atoms with Gasteiger partial charge in [0.1, 0.15) is 5.69 Å². The molecule has 1 aromatic rings. The van der Waals surface area contributed by atoms with Gasteiger partial charge in [0.15, 0.2) is 5.60 Å². The third-order valence-electron chi connectivity index (χ3n) is 3.46. The lowest BCUT2D eigenvalue weighted by Gasteiger charge is -2.23. The average Bonchev–Trinajstić information content (AvgIpc) is 2.95. The van der Waals surface area contributed by atoms with Crippen LogP contribution < -0.4 is 0 Å². The van der Waals surface area contributed by atoms with Crippen molar-refractivity contribution >= 4 is 11.9 Å². The number of nitrogens with zero attached hydrogens (tertiary/aromatic N) is 2. The highest BCUT2D eigenvalue weighted by molar-refractivity contribution is 5.94. The van der Waals surface area contributed by atoms with Gasteiger partial charge >= 0.3 is 5.97 Å². The predicted molar refractivity (Wildman–Crippen MR) is 63.3 cm³/mol. The van der Waals surface area contributed by atoms with Crippen LogP contribution >= 0.6 is 0 Å². The number of ether oxygens (including phenoxy) is 1. The normalized spacial score (nSPS) is 23.3. The zero-order valence-electron chi connectivity index (χ0n) is 10.4. The summed E-state index contributed by atoms with van der Waals surface area (Å²) in [5.74, 6) is -1.19. The van der Waals surface area contributed by atoms with Crippen molar-refractivity contribution in [3.8, 4) is 0 Å². The fourth-order valence-corrected chi connectivity index (χ4v) is 2.23. The van der Waals surface area contributed by atoms with Gasteiger partial charge in [-0.3, -0.25) is 4.79 Å². The van der Waals surface area contributed by atoms with Gasteiger partial charge in [0, 0.05) is 33.3 Å². The lowest BCUT2D eigenvalue weighted by molar-refractivity contribution is -0.160. The van der Waals surface area contributed by atoms with E-state index in [-0.39, 0.29) is 12.5 Å². The molecule has 1 unspecified atom stereocenters. The monoisotopic (exact) mass is 252 g/mol. The first kappa shape index (κ1) is 12.6. The van der Waals surface area contributed by atoms with Crippen molar-refractivity contribution in [1.29, 1.82) is 0 Å². The van der Waals surface area contributed by atoms with Gasteiger partial charge in [-0.05, 0) is 12.1 Å². The minimum absolute atomic E-state index is 0.0862. The van der Waals surface area contributed by atoms with Gasteiger partial charge in [-0.2, -0.15) is 0 Å². The molecule has 0 spiro atoms. The molecule has 6 nitrogen and oxygen atoms in total. The molecule has 2 heterocycles. The summed E-state index contributed by atoms with van der Waals surface area (Å²) < 4.78 is 6.81. The Morgan fingerprint density at radius 1 is 1.50 bits per heavy atom. The minimum Gasteiger partial charge on any atom is -0.479 e. The van der Waals surface area contributed by atoms with Gasteiger partial charge in [-0.1, -0.05) is 0 Å². The van der Waals surface area contributed by atoms with Crippen LogP contribution in [-0.2, 0) is 16.6 Å². The Morgan fingerprint density at radius 3 is 2.67 bits per heavy atom. The molecule has 2 rings (SSSR count). The van der Waals surface area contributed by atoms with E-state index in [1.165, 1.54) is 12.0 Å². The number of aryl methyl sites for hydroxylation is 1. The fraction of sp³-hybridized carbons (Fsp3) is 0.500. The highest BCUT2D eigenvalue weighted by Crippen LogP contribution is 2.26. The van der Waals surface area contributed by atoms with Crippen LogP contribution in [0.4, 0.5) is 0 Å². The van der Waals surface area contributed by atoms with Crippen molar-refractivity contribution in [2.45, 2.75) is 12.0 Å². The molecule has 0 aromatic carbocycles. The predicted octanol–water partition coefficient (Wildman–Crippen LogP) is 0.341. The molecule has 18 heavy (non-hydrogen) atoms. The summed E-state index contributed by atoms with van der Waals surface area (Å²) in [5.41, 5.74) is -0.715. The van der Waals surface area contributed by atoms with E-state index < -0.39 is 11.6 Å². The van der Waals surface area contributed by atoms with Crippen LogP contribution in [0.3, 0.4) is 0 Å². The van der Waals surface area contributed by atoms with Crippen LogP contribution in [0.2, 0.25) is 0 Å². The van der Waals surface area contributed by atoms with Gasteiger partial charge < -0.3 is 19.3 Å². The van der Waals surface area contributed by atoms with Crippen molar-refractivity contribution in [2.24, 2.45) is 7.05 Å². The van der Waals surface area contributed by atoms with Gasteiger partial charge in [0.25, 0.3) is 5.91 Å². The smallest absolute Gasteiger partial charge is 0.337 e. The van der Waals surface area contributed by atoms with Crippen molar-refractivity contribution < 1.29 is 19.4 Å². The van der Waals surface area contributed by atoms with Gasteiger partial charge in [0.05, 0.1) is 6.54 Å². The minimum atomic E-state index is -1.26. The molecule has 0 radical (unpaired) electrons. The number of aliphatic carboxylic acids is 1. The summed E-state index contributed by atoms with van der Waals surface area (Å²) in [6.45, 7) is 0.479. The van der Waals surface area contributed by atoms with E-state index in [4.69, 9.17) is 4.74 Å². The number of amides is 1. The number of carbonyl (C=O) groups excluding carboxylic acids is 1. The first-order valence-corrected chi connectivity index (χ1v) is 5.69. The number of hydrogen-bond acceptors (Lipinski definition) is 3. The van der Waals surface area contributed by atoms with E-state index in [1.807, 2.05) is 0 Å². The number of likely N-dealkylation sites (tertiary alicyclic amines) is 1. The molecule has 1 aromatic heterocycles. The second-order valence-corrected chi connectivity index (χ2v) is 4.48. The molecule has 6 heteroatoms.